The van der Waals surface area contributed by atoms with Crippen molar-refractivity contribution in [2.45, 2.75) is 76.8 Å². The summed E-state index contributed by atoms with van der Waals surface area (Å²) >= 11 is 0. The zero-order valence-corrected chi connectivity index (χ0v) is 14.0. The highest BCUT2D eigenvalue weighted by atomic mass is 16.5. The number of nitrogens with zero attached hydrogens (tertiary/aromatic N) is 1. The molecule has 0 aromatic heterocycles. The van der Waals surface area contributed by atoms with E-state index in [4.69, 9.17) is 4.74 Å². The van der Waals surface area contributed by atoms with Gasteiger partial charge in [0.25, 0.3) is 0 Å². The third kappa shape index (κ3) is 5.22. The second-order valence-electron chi connectivity index (χ2n) is 6.40. The number of likely N-dealkylation sites (tertiary alicyclic amines) is 1. The summed E-state index contributed by atoms with van der Waals surface area (Å²) in [6.45, 7) is 2.66. The van der Waals surface area contributed by atoms with Gasteiger partial charge >= 0.3 is 5.97 Å². The van der Waals surface area contributed by atoms with E-state index in [9.17, 15) is 14.4 Å². The van der Waals surface area contributed by atoms with Gasteiger partial charge in [0.2, 0.25) is 11.8 Å². The van der Waals surface area contributed by atoms with E-state index in [1.807, 2.05) is 0 Å². The van der Waals surface area contributed by atoms with Gasteiger partial charge in [0, 0.05) is 25.4 Å². The number of carbonyl (C=O) groups excluding carboxylic acids is 3. The molecule has 2 aliphatic rings. The molecule has 0 aromatic carbocycles. The van der Waals surface area contributed by atoms with Crippen molar-refractivity contribution in [2.75, 3.05) is 13.2 Å². The highest BCUT2D eigenvalue weighted by molar-refractivity contribution is 5.87. The van der Waals surface area contributed by atoms with E-state index in [-0.39, 0.29) is 36.7 Å². The van der Waals surface area contributed by atoms with E-state index in [1.54, 1.807) is 11.8 Å². The van der Waals surface area contributed by atoms with Gasteiger partial charge in [-0.3, -0.25) is 9.59 Å². The second kappa shape index (κ2) is 8.89. The van der Waals surface area contributed by atoms with Gasteiger partial charge in [0.15, 0.2) is 0 Å². The maximum Gasteiger partial charge on any atom is 0.328 e. The minimum atomic E-state index is -0.478. The number of nitrogens with one attached hydrogen (secondary N) is 1. The fourth-order valence-electron chi connectivity index (χ4n) is 3.45. The summed E-state index contributed by atoms with van der Waals surface area (Å²) in [4.78, 5) is 37.9. The summed E-state index contributed by atoms with van der Waals surface area (Å²) in [6, 6.07) is -0.200. The van der Waals surface area contributed by atoms with Crippen molar-refractivity contribution in [1.82, 2.24) is 10.2 Å². The normalized spacial score (nSPS) is 22.0. The van der Waals surface area contributed by atoms with Gasteiger partial charge in [-0.15, -0.1) is 0 Å². The van der Waals surface area contributed by atoms with Crippen molar-refractivity contribution in [3.05, 3.63) is 0 Å². The molecule has 1 heterocycles. The minimum Gasteiger partial charge on any atom is -0.464 e. The van der Waals surface area contributed by atoms with Gasteiger partial charge in [-0.05, 0) is 39.0 Å². The Balaban J connectivity index is 1.80. The number of carbonyl (C=O) groups is 3. The minimum absolute atomic E-state index is 0.0602. The van der Waals surface area contributed by atoms with Crippen molar-refractivity contribution in [3.63, 3.8) is 0 Å². The molecule has 1 aliphatic heterocycles. The quantitative estimate of drug-likeness (QED) is 0.756. The van der Waals surface area contributed by atoms with Crippen LogP contribution in [0, 0.1) is 0 Å². The average molecular weight is 324 g/mol. The lowest BCUT2D eigenvalue weighted by Gasteiger charge is -2.34. The predicted octanol–water partition coefficient (Wildman–Crippen LogP) is 1.77. The lowest BCUT2D eigenvalue weighted by Crippen LogP contribution is -2.48. The Hall–Kier alpha value is -1.59. The molecule has 1 saturated heterocycles. The molecule has 0 bridgehead atoms. The predicted molar refractivity (Wildman–Crippen MR) is 85.6 cm³/mol. The van der Waals surface area contributed by atoms with Crippen LogP contribution < -0.4 is 5.32 Å². The van der Waals surface area contributed by atoms with E-state index >= 15 is 0 Å². The molecule has 1 atom stereocenters. The molecule has 130 valence electrons. The number of ether oxygens (including phenoxy) is 1. The third-order valence-corrected chi connectivity index (χ3v) is 4.67. The summed E-state index contributed by atoms with van der Waals surface area (Å²) in [7, 11) is 0. The molecule has 2 fully saturated rings. The maximum absolute atomic E-state index is 12.4. The number of hydrogen-bond acceptors (Lipinski definition) is 4. The van der Waals surface area contributed by atoms with Gasteiger partial charge in [0.05, 0.1) is 6.61 Å². The Labute approximate surface area is 137 Å². The van der Waals surface area contributed by atoms with Crippen LogP contribution in [0.3, 0.4) is 0 Å². The summed E-state index contributed by atoms with van der Waals surface area (Å²) in [6.07, 6.45) is 7.24. The van der Waals surface area contributed by atoms with Crippen molar-refractivity contribution in [1.29, 1.82) is 0 Å². The topological polar surface area (TPSA) is 75.7 Å². The Morgan fingerprint density at radius 3 is 2.43 bits per heavy atom. The van der Waals surface area contributed by atoms with Gasteiger partial charge in [-0.25, -0.2) is 4.79 Å². The summed E-state index contributed by atoms with van der Waals surface area (Å²) in [5.41, 5.74) is 0. The molecule has 2 rings (SSSR count). The molecule has 1 saturated carbocycles. The van der Waals surface area contributed by atoms with Crippen LogP contribution in [0.5, 0.6) is 0 Å². The van der Waals surface area contributed by atoms with E-state index in [1.165, 1.54) is 12.8 Å². The molecule has 2 amide bonds. The Kier molecular flexibility index (Phi) is 6.86. The molecule has 6 heteroatoms. The second-order valence-corrected chi connectivity index (χ2v) is 6.40. The van der Waals surface area contributed by atoms with Crippen LogP contribution in [0.4, 0.5) is 0 Å². The number of esters is 1. The van der Waals surface area contributed by atoms with E-state index < -0.39 is 6.04 Å². The van der Waals surface area contributed by atoms with Crippen molar-refractivity contribution in [2.24, 2.45) is 0 Å². The van der Waals surface area contributed by atoms with Crippen molar-refractivity contribution >= 4 is 17.8 Å². The fourth-order valence-corrected chi connectivity index (χ4v) is 3.45. The molecule has 1 aliphatic carbocycles. The molecule has 0 aromatic rings. The molecule has 0 radical (unpaired) electrons. The standard InChI is InChI=1S/C17H28N2O4/c1-2-23-17(22)14-9-5-6-12-19(14)16(21)11-10-15(20)18-13-7-3-4-8-13/h13-14H,2-12H2,1H3,(H,18,20). The van der Waals surface area contributed by atoms with E-state index in [0.29, 0.717) is 19.6 Å². The van der Waals surface area contributed by atoms with Crippen LogP contribution in [0.2, 0.25) is 0 Å². The van der Waals surface area contributed by atoms with Crippen LogP contribution in [-0.2, 0) is 19.1 Å². The lowest BCUT2D eigenvalue weighted by atomic mass is 10.0. The summed E-state index contributed by atoms with van der Waals surface area (Å²) < 4.78 is 5.06. The van der Waals surface area contributed by atoms with Crippen LogP contribution in [0.15, 0.2) is 0 Å². The lowest BCUT2D eigenvalue weighted by molar-refractivity contribution is -0.156. The van der Waals surface area contributed by atoms with Gasteiger partial charge in [-0.1, -0.05) is 12.8 Å². The fraction of sp³-hybridized carbons (Fsp3) is 0.824. The molecule has 6 nitrogen and oxygen atoms in total. The monoisotopic (exact) mass is 324 g/mol. The molecular weight excluding hydrogens is 296 g/mol. The largest absolute Gasteiger partial charge is 0.464 e. The number of piperidine rings is 1. The smallest absolute Gasteiger partial charge is 0.328 e. The first-order chi connectivity index (χ1) is 11.1. The molecule has 0 spiro atoms. The van der Waals surface area contributed by atoms with Gasteiger partial charge < -0.3 is 15.0 Å². The summed E-state index contributed by atoms with van der Waals surface area (Å²) in [5.74, 6) is -0.504. The Morgan fingerprint density at radius 2 is 1.74 bits per heavy atom. The number of amides is 2. The summed E-state index contributed by atoms with van der Waals surface area (Å²) in [5, 5.41) is 2.99. The first-order valence-corrected chi connectivity index (χ1v) is 8.87. The van der Waals surface area contributed by atoms with Crippen LogP contribution >= 0.6 is 0 Å². The molecule has 1 N–H and O–H groups in total. The van der Waals surface area contributed by atoms with Crippen LogP contribution in [-0.4, -0.2) is 47.9 Å². The van der Waals surface area contributed by atoms with Gasteiger partial charge in [0.1, 0.15) is 6.04 Å². The Morgan fingerprint density at radius 1 is 1.04 bits per heavy atom. The molecule has 1 unspecified atom stereocenters. The average Bonchev–Trinajstić information content (AvgIpc) is 3.05. The van der Waals surface area contributed by atoms with Crippen LogP contribution in [0.25, 0.3) is 0 Å². The van der Waals surface area contributed by atoms with Gasteiger partial charge in [-0.2, -0.15) is 0 Å². The van der Waals surface area contributed by atoms with E-state index in [2.05, 4.69) is 5.32 Å². The van der Waals surface area contributed by atoms with Crippen molar-refractivity contribution < 1.29 is 19.1 Å². The highest BCUT2D eigenvalue weighted by Crippen LogP contribution is 2.20. The Bertz CT molecular complexity index is 432. The first kappa shape index (κ1) is 17.8. The molecule has 23 heavy (non-hydrogen) atoms. The van der Waals surface area contributed by atoms with Crippen LogP contribution in [0.1, 0.15) is 64.7 Å². The van der Waals surface area contributed by atoms with Crippen molar-refractivity contribution in [3.8, 4) is 0 Å². The maximum atomic E-state index is 12.4. The van der Waals surface area contributed by atoms with E-state index in [0.717, 1.165) is 25.7 Å². The first-order valence-electron chi connectivity index (χ1n) is 8.87. The SMILES string of the molecule is CCOC(=O)C1CCCCN1C(=O)CCC(=O)NC1CCCC1. The zero-order chi connectivity index (χ0) is 16.7. The molecular formula is C17H28N2O4. The third-order valence-electron chi connectivity index (χ3n) is 4.67. The highest BCUT2D eigenvalue weighted by Gasteiger charge is 2.33. The zero-order valence-electron chi connectivity index (χ0n) is 14.0. The number of hydrogen-bond donors (Lipinski definition) is 1. The number of rotatable bonds is 6.